The van der Waals surface area contributed by atoms with Crippen molar-refractivity contribution in [3.05, 3.63) is 0 Å². The lowest BCUT2D eigenvalue weighted by molar-refractivity contribution is -0.0566. The lowest BCUT2D eigenvalue weighted by Crippen LogP contribution is -2.51. The highest BCUT2D eigenvalue weighted by Gasteiger charge is 2.42. The van der Waals surface area contributed by atoms with E-state index in [1.54, 1.807) is 0 Å². The number of aliphatic hydroxyl groups excluding tert-OH is 1. The van der Waals surface area contributed by atoms with Crippen LogP contribution < -0.4 is 5.73 Å². The molecule has 1 heterocycles. The van der Waals surface area contributed by atoms with Gasteiger partial charge in [-0.2, -0.15) is 0 Å². The summed E-state index contributed by atoms with van der Waals surface area (Å²) >= 11 is 0. The minimum atomic E-state index is -0.502. The molecule has 0 amide bonds. The predicted octanol–water partition coefficient (Wildman–Crippen LogP) is 0.282. The molecule has 15 heavy (non-hydrogen) atoms. The van der Waals surface area contributed by atoms with Gasteiger partial charge in [-0.05, 0) is 31.6 Å². The molecule has 0 aromatic heterocycles. The van der Waals surface area contributed by atoms with Crippen molar-refractivity contribution in [2.24, 2.45) is 11.7 Å². The van der Waals surface area contributed by atoms with Gasteiger partial charge in [-0.25, -0.2) is 0 Å². The molecule has 0 aromatic rings. The molecule has 4 heteroatoms. The van der Waals surface area contributed by atoms with E-state index in [1.165, 1.54) is 0 Å². The highest BCUT2D eigenvalue weighted by Crippen LogP contribution is 2.38. The van der Waals surface area contributed by atoms with Crippen LogP contribution in [0.25, 0.3) is 0 Å². The number of hydrogen-bond acceptors (Lipinski definition) is 4. The van der Waals surface area contributed by atoms with Crippen LogP contribution in [0.2, 0.25) is 0 Å². The molecule has 0 bridgehead atoms. The van der Waals surface area contributed by atoms with Crippen LogP contribution in [0.1, 0.15) is 25.7 Å². The first kappa shape index (κ1) is 11.3. The summed E-state index contributed by atoms with van der Waals surface area (Å²) in [6, 6.07) is 0. The lowest BCUT2D eigenvalue weighted by atomic mass is 9.97. The van der Waals surface area contributed by atoms with Crippen LogP contribution in [0.3, 0.4) is 0 Å². The highest BCUT2D eigenvalue weighted by atomic mass is 16.5. The van der Waals surface area contributed by atoms with Gasteiger partial charge in [0.1, 0.15) is 0 Å². The van der Waals surface area contributed by atoms with Gasteiger partial charge in [0.05, 0.1) is 24.9 Å². The molecule has 1 unspecified atom stereocenters. The maximum Gasteiger partial charge on any atom is 0.0675 e. The molecule has 88 valence electrons. The third-order valence-corrected chi connectivity index (χ3v) is 3.44. The van der Waals surface area contributed by atoms with Gasteiger partial charge in [0.15, 0.2) is 0 Å². The van der Waals surface area contributed by atoms with Crippen molar-refractivity contribution >= 4 is 0 Å². The van der Waals surface area contributed by atoms with E-state index in [-0.39, 0.29) is 12.7 Å². The van der Waals surface area contributed by atoms with Crippen LogP contribution >= 0.6 is 0 Å². The third kappa shape index (κ3) is 2.91. The Labute approximate surface area is 90.7 Å². The Morgan fingerprint density at radius 1 is 1.27 bits per heavy atom. The van der Waals surface area contributed by atoms with Gasteiger partial charge in [-0.1, -0.05) is 0 Å². The Bertz CT molecular complexity index is 202. The van der Waals surface area contributed by atoms with Crippen molar-refractivity contribution in [1.82, 2.24) is 0 Å². The fraction of sp³-hybridized carbons (Fsp3) is 1.00. The van der Waals surface area contributed by atoms with Gasteiger partial charge in [0.2, 0.25) is 0 Å². The van der Waals surface area contributed by atoms with Crippen molar-refractivity contribution in [3.8, 4) is 0 Å². The summed E-state index contributed by atoms with van der Waals surface area (Å²) in [6.07, 6.45) is 4.44. The molecule has 2 fully saturated rings. The van der Waals surface area contributed by atoms with Crippen LogP contribution in [0.15, 0.2) is 0 Å². The summed E-state index contributed by atoms with van der Waals surface area (Å²) < 4.78 is 11.0. The normalized spacial score (nSPS) is 27.6. The zero-order valence-electron chi connectivity index (χ0n) is 9.15. The molecule has 0 radical (unpaired) electrons. The molecule has 0 aromatic carbocycles. The SMILES string of the molecule is NC(CO)(COC1CCOCC1)C1CC1. The molecule has 4 nitrogen and oxygen atoms in total. The summed E-state index contributed by atoms with van der Waals surface area (Å²) in [5, 5.41) is 9.30. The van der Waals surface area contributed by atoms with Gasteiger partial charge < -0.3 is 20.3 Å². The van der Waals surface area contributed by atoms with Gasteiger partial charge in [-0.3, -0.25) is 0 Å². The van der Waals surface area contributed by atoms with Crippen molar-refractivity contribution < 1.29 is 14.6 Å². The fourth-order valence-corrected chi connectivity index (χ4v) is 2.07. The summed E-state index contributed by atoms with van der Waals surface area (Å²) in [5.41, 5.74) is 5.61. The lowest BCUT2D eigenvalue weighted by Gasteiger charge is -2.31. The van der Waals surface area contributed by atoms with E-state index >= 15 is 0 Å². The van der Waals surface area contributed by atoms with Crippen molar-refractivity contribution in [2.45, 2.75) is 37.3 Å². The first-order valence-corrected chi connectivity index (χ1v) is 5.84. The Kier molecular flexibility index (Phi) is 3.61. The summed E-state index contributed by atoms with van der Waals surface area (Å²) in [4.78, 5) is 0. The summed E-state index contributed by atoms with van der Waals surface area (Å²) in [7, 11) is 0. The fourth-order valence-electron chi connectivity index (χ4n) is 2.07. The topological polar surface area (TPSA) is 64.7 Å². The Balaban J connectivity index is 1.74. The van der Waals surface area contributed by atoms with Gasteiger partial charge >= 0.3 is 0 Å². The number of nitrogens with two attached hydrogens (primary N) is 1. The van der Waals surface area contributed by atoms with E-state index in [4.69, 9.17) is 15.2 Å². The summed E-state index contributed by atoms with van der Waals surface area (Å²) in [6.45, 7) is 2.08. The van der Waals surface area contributed by atoms with Crippen LogP contribution in [0.4, 0.5) is 0 Å². The van der Waals surface area contributed by atoms with Crippen LogP contribution in [-0.2, 0) is 9.47 Å². The highest BCUT2D eigenvalue weighted by molar-refractivity contribution is 4.98. The molecule has 3 N–H and O–H groups in total. The zero-order valence-corrected chi connectivity index (χ0v) is 9.15. The Morgan fingerprint density at radius 2 is 1.93 bits per heavy atom. The molecule has 0 spiro atoms. The molecule has 2 rings (SSSR count). The molecule has 1 saturated carbocycles. The molecule has 1 saturated heterocycles. The zero-order chi connectivity index (χ0) is 10.7. The molecular formula is C11H21NO3. The van der Waals surface area contributed by atoms with Gasteiger partial charge in [-0.15, -0.1) is 0 Å². The smallest absolute Gasteiger partial charge is 0.0675 e. The Hall–Kier alpha value is -0.160. The largest absolute Gasteiger partial charge is 0.394 e. The number of rotatable bonds is 5. The van der Waals surface area contributed by atoms with Crippen LogP contribution in [0, 0.1) is 5.92 Å². The van der Waals surface area contributed by atoms with E-state index in [1.807, 2.05) is 0 Å². The standard InChI is InChI=1S/C11H21NO3/c12-11(7-13,9-1-2-9)8-15-10-3-5-14-6-4-10/h9-10,13H,1-8,12H2. The number of hydrogen-bond donors (Lipinski definition) is 2. The molecule has 1 aliphatic carbocycles. The first-order valence-electron chi connectivity index (χ1n) is 5.84. The van der Waals surface area contributed by atoms with Crippen LogP contribution in [-0.4, -0.2) is 43.2 Å². The number of ether oxygens (including phenoxy) is 2. The van der Waals surface area contributed by atoms with E-state index in [0.29, 0.717) is 12.5 Å². The first-order chi connectivity index (χ1) is 7.24. The van der Waals surface area contributed by atoms with Crippen molar-refractivity contribution in [3.63, 3.8) is 0 Å². The second-order valence-electron chi connectivity index (χ2n) is 4.79. The van der Waals surface area contributed by atoms with Gasteiger partial charge in [0, 0.05) is 13.2 Å². The maximum atomic E-state index is 9.30. The Morgan fingerprint density at radius 3 is 2.47 bits per heavy atom. The molecule has 1 atom stereocenters. The minimum Gasteiger partial charge on any atom is -0.394 e. The second kappa shape index (κ2) is 4.78. The second-order valence-corrected chi connectivity index (χ2v) is 4.79. The van der Waals surface area contributed by atoms with Crippen molar-refractivity contribution in [2.75, 3.05) is 26.4 Å². The predicted molar refractivity (Wildman–Crippen MR) is 56.5 cm³/mol. The maximum absolute atomic E-state index is 9.30. The van der Waals surface area contributed by atoms with E-state index in [0.717, 1.165) is 38.9 Å². The summed E-state index contributed by atoms with van der Waals surface area (Å²) in [5.74, 6) is 0.461. The average Bonchev–Trinajstić information content (AvgIpc) is 3.11. The monoisotopic (exact) mass is 215 g/mol. The van der Waals surface area contributed by atoms with Crippen LogP contribution in [0.5, 0.6) is 0 Å². The van der Waals surface area contributed by atoms with E-state index in [2.05, 4.69) is 0 Å². The van der Waals surface area contributed by atoms with E-state index < -0.39 is 5.54 Å². The van der Waals surface area contributed by atoms with Gasteiger partial charge in [0.25, 0.3) is 0 Å². The van der Waals surface area contributed by atoms with E-state index in [9.17, 15) is 5.11 Å². The third-order valence-electron chi connectivity index (χ3n) is 3.44. The molecular weight excluding hydrogens is 194 g/mol. The quantitative estimate of drug-likeness (QED) is 0.691. The average molecular weight is 215 g/mol. The number of aliphatic hydroxyl groups is 1. The molecule has 2 aliphatic rings. The molecule has 1 aliphatic heterocycles. The van der Waals surface area contributed by atoms with Crippen molar-refractivity contribution in [1.29, 1.82) is 0 Å². The minimum absolute atomic E-state index is 0.0287.